The van der Waals surface area contributed by atoms with E-state index in [1.807, 2.05) is 12.1 Å². The van der Waals surface area contributed by atoms with Crippen molar-refractivity contribution in [1.82, 2.24) is 15.5 Å². The monoisotopic (exact) mass is 564 g/mol. The molecule has 0 spiro atoms. The van der Waals surface area contributed by atoms with Gasteiger partial charge < -0.3 is 15.1 Å². The van der Waals surface area contributed by atoms with Crippen LogP contribution in [0.3, 0.4) is 0 Å². The largest absolute Gasteiger partial charge is 0.469 e. The van der Waals surface area contributed by atoms with E-state index in [1.54, 1.807) is 17.6 Å². The first-order chi connectivity index (χ1) is 15.3. The van der Waals surface area contributed by atoms with Crippen molar-refractivity contribution < 1.29 is 4.42 Å². The van der Waals surface area contributed by atoms with Gasteiger partial charge in [0.1, 0.15) is 5.76 Å². The van der Waals surface area contributed by atoms with Crippen molar-refractivity contribution in [3.8, 4) is 0 Å². The predicted molar refractivity (Wildman–Crippen MR) is 144 cm³/mol. The molecular formula is C25H33IN4OS. The highest BCUT2D eigenvalue weighted by atomic mass is 127. The normalized spacial score (nSPS) is 19.3. The molecule has 1 aliphatic heterocycles. The second-order valence-electron chi connectivity index (χ2n) is 8.17. The number of guanidine groups is 1. The van der Waals surface area contributed by atoms with Crippen molar-refractivity contribution in [2.75, 3.05) is 13.1 Å². The van der Waals surface area contributed by atoms with Gasteiger partial charge in [0.15, 0.2) is 5.96 Å². The fraction of sp³-hybridized carbons (Fsp3) is 0.400. The van der Waals surface area contributed by atoms with Gasteiger partial charge in [-0.25, -0.2) is 4.99 Å². The Labute approximate surface area is 212 Å². The highest BCUT2D eigenvalue weighted by Gasteiger charge is 2.26. The number of thiophene rings is 1. The first kappa shape index (κ1) is 24.8. The Balaban J connectivity index is 0.00000289. The van der Waals surface area contributed by atoms with E-state index in [1.165, 1.54) is 10.4 Å². The molecule has 1 saturated heterocycles. The first-order valence-corrected chi connectivity index (χ1v) is 12.0. The first-order valence-electron chi connectivity index (χ1n) is 11.1. The van der Waals surface area contributed by atoms with Crippen molar-refractivity contribution >= 4 is 41.3 Å². The van der Waals surface area contributed by atoms with Crippen molar-refractivity contribution in [1.29, 1.82) is 0 Å². The Morgan fingerprint density at radius 1 is 1.16 bits per heavy atom. The molecule has 3 heterocycles. The summed E-state index contributed by atoms with van der Waals surface area (Å²) in [7, 11) is 0. The lowest BCUT2D eigenvalue weighted by atomic mass is 9.97. The van der Waals surface area contributed by atoms with Crippen LogP contribution >= 0.6 is 35.3 Å². The van der Waals surface area contributed by atoms with Crippen LogP contribution in [-0.4, -0.2) is 36.0 Å². The third-order valence-electron chi connectivity index (χ3n) is 5.80. The van der Waals surface area contributed by atoms with E-state index in [0.29, 0.717) is 18.6 Å². The second-order valence-corrected chi connectivity index (χ2v) is 9.20. The number of nitrogens with zero attached hydrogens (tertiary/aromatic N) is 2. The average Bonchev–Trinajstić information content (AvgIpc) is 3.49. The minimum Gasteiger partial charge on any atom is -0.469 e. The SMILES string of the molecule is CC1CC(NC(=NCc2cccs2)NCCc2ccco2)CCN1Cc1ccccc1.I. The topological polar surface area (TPSA) is 52.8 Å². The van der Waals surface area contributed by atoms with Gasteiger partial charge in [-0.05, 0) is 48.9 Å². The maximum atomic E-state index is 5.45. The van der Waals surface area contributed by atoms with Gasteiger partial charge in [-0.15, -0.1) is 35.3 Å². The Bertz CT molecular complexity index is 915. The highest BCUT2D eigenvalue weighted by Crippen LogP contribution is 2.20. The van der Waals surface area contributed by atoms with E-state index in [4.69, 9.17) is 9.41 Å². The lowest BCUT2D eigenvalue weighted by molar-refractivity contribution is 0.134. The quantitative estimate of drug-likeness (QED) is 0.222. The van der Waals surface area contributed by atoms with Crippen LogP contribution in [0, 0.1) is 0 Å². The highest BCUT2D eigenvalue weighted by molar-refractivity contribution is 14.0. The number of rotatable bonds is 8. The molecule has 1 aromatic carbocycles. The number of halogens is 1. The smallest absolute Gasteiger partial charge is 0.191 e. The molecule has 1 fully saturated rings. The molecule has 32 heavy (non-hydrogen) atoms. The van der Waals surface area contributed by atoms with E-state index in [2.05, 4.69) is 70.3 Å². The Kier molecular flexibility index (Phi) is 10.1. The number of hydrogen-bond acceptors (Lipinski definition) is 4. The zero-order valence-corrected chi connectivity index (χ0v) is 21.7. The minimum atomic E-state index is 0. The number of furan rings is 1. The molecular weight excluding hydrogens is 531 g/mol. The Hall–Kier alpha value is -1.84. The summed E-state index contributed by atoms with van der Waals surface area (Å²) in [4.78, 5) is 8.71. The molecule has 2 atom stereocenters. The standard InChI is InChI=1S/C25H32N4OS.HI/c1-20-17-22(12-14-29(20)19-21-7-3-2-4-8-21)28-25(27-18-24-10-6-16-31-24)26-13-11-23-9-5-15-30-23;/h2-10,15-16,20,22H,11-14,17-19H2,1H3,(H2,26,27,28);1H. The summed E-state index contributed by atoms with van der Waals surface area (Å²) < 4.78 is 5.45. The summed E-state index contributed by atoms with van der Waals surface area (Å²) >= 11 is 1.75. The maximum Gasteiger partial charge on any atom is 0.191 e. The average molecular weight is 565 g/mol. The molecule has 0 radical (unpaired) electrons. The lowest BCUT2D eigenvalue weighted by Crippen LogP contribution is -2.51. The van der Waals surface area contributed by atoms with Gasteiger partial charge >= 0.3 is 0 Å². The van der Waals surface area contributed by atoms with Crippen LogP contribution in [0.2, 0.25) is 0 Å². The number of hydrogen-bond donors (Lipinski definition) is 2. The summed E-state index contributed by atoms with van der Waals surface area (Å²) in [5, 5.41) is 9.31. The summed E-state index contributed by atoms with van der Waals surface area (Å²) in [6, 6.07) is 19.9. The third kappa shape index (κ3) is 7.64. The van der Waals surface area contributed by atoms with Gasteiger partial charge in [0.25, 0.3) is 0 Å². The zero-order valence-electron chi connectivity index (χ0n) is 18.6. The van der Waals surface area contributed by atoms with E-state index in [9.17, 15) is 0 Å². The molecule has 7 heteroatoms. The van der Waals surface area contributed by atoms with Crippen molar-refractivity contribution in [3.63, 3.8) is 0 Å². The van der Waals surface area contributed by atoms with Crippen LogP contribution in [-0.2, 0) is 19.5 Å². The molecule has 4 rings (SSSR count). The van der Waals surface area contributed by atoms with Gasteiger partial charge in [0, 0.05) is 43.0 Å². The van der Waals surface area contributed by atoms with Crippen LogP contribution in [0.1, 0.15) is 36.0 Å². The van der Waals surface area contributed by atoms with Crippen LogP contribution in [0.5, 0.6) is 0 Å². The number of benzene rings is 1. The van der Waals surface area contributed by atoms with Crippen LogP contribution in [0.4, 0.5) is 0 Å². The molecule has 2 N–H and O–H groups in total. The molecule has 2 aromatic heterocycles. The van der Waals surface area contributed by atoms with E-state index in [0.717, 1.165) is 50.6 Å². The number of likely N-dealkylation sites (tertiary alicyclic amines) is 1. The molecule has 0 amide bonds. The molecule has 5 nitrogen and oxygen atoms in total. The molecule has 2 unspecified atom stereocenters. The van der Waals surface area contributed by atoms with Crippen molar-refractivity contribution in [2.24, 2.45) is 4.99 Å². The lowest BCUT2D eigenvalue weighted by Gasteiger charge is -2.38. The van der Waals surface area contributed by atoms with Gasteiger partial charge in [-0.2, -0.15) is 0 Å². The molecule has 3 aromatic rings. The number of piperidine rings is 1. The third-order valence-corrected chi connectivity index (χ3v) is 6.66. The predicted octanol–water partition coefficient (Wildman–Crippen LogP) is 5.29. The fourth-order valence-corrected chi connectivity index (χ4v) is 4.70. The van der Waals surface area contributed by atoms with Crippen molar-refractivity contribution in [2.45, 2.75) is 51.4 Å². The van der Waals surface area contributed by atoms with Crippen LogP contribution in [0.25, 0.3) is 0 Å². The fourth-order valence-electron chi connectivity index (χ4n) is 4.07. The van der Waals surface area contributed by atoms with Gasteiger partial charge in [0.05, 0.1) is 12.8 Å². The zero-order chi connectivity index (χ0) is 21.3. The van der Waals surface area contributed by atoms with Crippen LogP contribution < -0.4 is 10.6 Å². The molecule has 1 aliphatic rings. The summed E-state index contributed by atoms with van der Waals surface area (Å²) in [6.45, 7) is 5.96. The van der Waals surface area contributed by atoms with Crippen LogP contribution in [0.15, 0.2) is 75.7 Å². The second kappa shape index (κ2) is 13.0. The van der Waals surface area contributed by atoms with Gasteiger partial charge in [0.2, 0.25) is 0 Å². The van der Waals surface area contributed by atoms with E-state index < -0.39 is 0 Å². The minimum absolute atomic E-state index is 0. The Morgan fingerprint density at radius 2 is 2.03 bits per heavy atom. The van der Waals surface area contributed by atoms with Crippen molar-refractivity contribution in [3.05, 3.63) is 82.4 Å². The number of aliphatic imine (C=N–C) groups is 1. The summed E-state index contributed by atoms with van der Waals surface area (Å²) in [5.41, 5.74) is 1.39. The summed E-state index contributed by atoms with van der Waals surface area (Å²) in [5.74, 6) is 1.89. The van der Waals surface area contributed by atoms with Gasteiger partial charge in [-0.3, -0.25) is 4.90 Å². The van der Waals surface area contributed by atoms with E-state index in [-0.39, 0.29) is 24.0 Å². The molecule has 0 aliphatic carbocycles. The molecule has 0 bridgehead atoms. The molecule has 0 saturated carbocycles. The molecule has 172 valence electrons. The summed E-state index contributed by atoms with van der Waals surface area (Å²) in [6.07, 6.45) is 4.81. The maximum absolute atomic E-state index is 5.45. The van der Waals surface area contributed by atoms with Gasteiger partial charge in [-0.1, -0.05) is 36.4 Å². The number of nitrogens with one attached hydrogen (secondary N) is 2. The van der Waals surface area contributed by atoms with E-state index >= 15 is 0 Å². The Morgan fingerprint density at radius 3 is 2.75 bits per heavy atom.